The van der Waals surface area contributed by atoms with Gasteiger partial charge in [-0.3, -0.25) is 0 Å². The second-order valence-corrected chi connectivity index (χ2v) is 4.61. The van der Waals surface area contributed by atoms with Gasteiger partial charge in [0, 0.05) is 12.1 Å². The molecule has 1 aliphatic rings. The van der Waals surface area contributed by atoms with E-state index in [1.54, 1.807) is 6.92 Å². The van der Waals surface area contributed by atoms with E-state index in [2.05, 4.69) is 0 Å². The molecule has 0 radical (unpaired) electrons. The Labute approximate surface area is 112 Å². The molecule has 0 fully saturated rings. The SMILES string of the molecule is CCOC(=O)C(O)C1(CN)CCOc2ccccc21. The predicted molar refractivity (Wildman–Crippen MR) is 69.9 cm³/mol. The van der Waals surface area contributed by atoms with Gasteiger partial charge in [0.25, 0.3) is 0 Å². The number of hydrogen-bond acceptors (Lipinski definition) is 5. The molecule has 0 aromatic heterocycles. The molecule has 3 N–H and O–H groups in total. The van der Waals surface area contributed by atoms with E-state index in [1.165, 1.54) is 0 Å². The minimum atomic E-state index is -1.28. The average Bonchev–Trinajstić information content (AvgIpc) is 2.46. The van der Waals surface area contributed by atoms with Crippen LogP contribution in [0.3, 0.4) is 0 Å². The first kappa shape index (κ1) is 13.8. The van der Waals surface area contributed by atoms with E-state index in [1.807, 2.05) is 24.3 Å². The van der Waals surface area contributed by atoms with Gasteiger partial charge in [0.05, 0.1) is 18.6 Å². The van der Waals surface area contributed by atoms with Crippen molar-refractivity contribution in [1.82, 2.24) is 0 Å². The lowest BCUT2D eigenvalue weighted by atomic mass is 9.71. The number of hydrogen-bond donors (Lipinski definition) is 2. The molecule has 5 nitrogen and oxygen atoms in total. The molecule has 0 saturated heterocycles. The van der Waals surface area contributed by atoms with E-state index in [0.29, 0.717) is 18.8 Å². The largest absolute Gasteiger partial charge is 0.493 e. The van der Waals surface area contributed by atoms with Crippen molar-refractivity contribution >= 4 is 5.97 Å². The van der Waals surface area contributed by atoms with Gasteiger partial charge in [-0.2, -0.15) is 0 Å². The number of esters is 1. The number of carbonyl (C=O) groups excluding carboxylic acids is 1. The third-order valence-electron chi connectivity index (χ3n) is 3.63. The van der Waals surface area contributed by atoms with Crippen LogP contribution in [0.15, 0.2) is 24.3 Å². The summed E-state index contributed by atoms with van der Waals surface area (Å²) in [6, 6.07) is 7.35. The van der Waals surface area contributed by atoms with Crippen molar-refractivity contribution in [2.45, 2.75) is 24.9 Å². The van der Waals surface area contributed by atoms with Crippen LogP contribution in [0.4, 0.5) is 0 Å². The third-order valence-corrected chi connectivity index (χ3v) is 3.63. The van der Waals surface area contributed by atoms with Crippen molar-refractivity contribution in [3.05, 3.63) is 29.8 Å². The summed E-state index contributed by atoms with van der Waals surface area (Å²) in [7, 11) is 0. The monoisotopic (exact) mass is 265 g/mol. The normalized spacial score (nSPS) is 23.1. The fourth-order valence-corrected chi connectivity index (χ4v) is 2.54. The summed E-state index contributed by atoms with van der Waals surface area (Å²) in [5, 5.41) is 10.4. The maximum atomic E-state index is 11.8. The van der Waals surface area contributed by atoms with E-state index >= 15 is 0 Å². The number of benzene rings is 1. The maximum Gasteiger partial charge on any atom is 0.335 e. The van der Waals surface area contributed by atoms with Crippen molar-refractivity contribution in [1.29, 1.82) is 0 Å². The van der Waals surface area contributed by atoms with E-state index < -0.39 is 17.5 Å². The van der Waals surface area contributed by atoms with Crippen molar-refractivity contribution in [3.63, 3.8) is 0 Å². The summed E-state index contributed by atoms with van der Waals surface area (Å²) in [4.78, 5) is 11.8. The van der Waals surface area contributed by atoms with Gasteiger partial charge in [-0.05, 0) is 19.4 Å². The van der Waals surface area contributed by atoms with E-state index in [0.717, 1.165) is 5.56 Å². The highest BCUT2D eigenvalue weighted by Crippen LogP contribution is 2.40. The van der Waals surface area contributed by atoms with Gasteiger partial charge in [0.2, 0.25) is 0 Å². The van der Waals surface area contributed by atoms with E-state index in [-0.39, 0.29) is 13.2 Å². The van der Waals surface area contributed by atoms with Crippen molar-refractivity contribution in [2.75, 3.05) is 19.8 Å². The van der Waals surface area contributed by atoms with Gasteiger partial charge in [-0.25, -0.2) is 4.79 Å². The van der Waals surface area contributed by atoms with Gasteiger partial charge in [-0.15, -0.1) is 0 Å². The molecule has 0 aliphatic carbocycles. The Balaban J connectivity index is 2.41. The zero-order chi connectivity index (χ0) is 13.9. The quantitative estimate of drug-likeness (QED) is 0.779. The smallest absolute Gasteiger partial charge is 0.335 e. The minimum Gasteiger partial charge on any atom is -0.493 e. The van der Waals surface area contributed by atoms with Gasteiger partial charge in [-0.1, -0.05) is 18.2 Å². The molecule has 0 spiro atoms. The van der Waals surface area contributed by atoms with Crippen molar-refractivity contribution < 1.29 is 19.4 Å². The molecule has 1 aromatic carbocycles. The molecule has 0 amide bonds. The van der Waals surface area contributed by atoms with Gasteiger partial charge >= 0.3 is 5.97 Å². The van der Waals surface area contributed by atoms with Crippen LogP contribution < -0.4 is 10.5 Å². The maximum absolute atomic E-state index is 11.8. The van der Waals surface area contributed by atoms with Crippen LogP contribution in [0.2, 0.25) is 0 Å². The molecular formula is C14H19NO4. The number of rotatable bonds is 4. The first-order chi connectivity index (χ1) is 9.15. The molecule has 1 aromatic rings. The van der Waals surface area contributed by atoms with Gasteiger partial charge in [0.15, 0.2) is 6.10 Å². The van der Waals surface area contributed by atoms with E-state index in [9.17, 15) is 9.90 Å². The number of aliphatic hydroxyl groups is 1. The molecule has 1 heterocycles. The van der Waals surface area contributed by atoms with Crippen LogP contribution in [0.25, 0.3) is 0 Å². The fraction of sp³-hybridized carbons (Fsp3) is 0.500. The standard InChI is InChI=1S/C14H19NO4/c1-2-18-13(17)12(16)14(9-15)7-8-19-11-6-4-3-5-10(11)14/h3-6,12,16H,2,7-9,15H2,1H3. The second-order valence-electron chi connectivity index (χ2n) is 4.61. The summed E-state index contributed by atoms with van der Waals surface area (Å²) < 4.78 is 10.5. The third kappa shape index (κ3) is 2.31. The Kier molecular flexibility index (Phi) is 4.07. The molecule has 104 valence electrons. The number of carbonyl (C=O) groups is 1. The minimum absolute atomic E-state index is 0.160. The molecule has 2 atom stereocenters. The number of aliphatic hydroxyl groups excluding tert-OH is 1. The highest BCUT2D eigenvalue weighted by molar-refractivity contribution is 5.77. The summed E-state index contributed by atoms with van der Waals surface area (Å²) in [5.41, 5.74) is 5.80. The molecule has 19 heavy (non-hydrogen) atoms. The summed E-state index contributed by atoms with van der Waals surface area (Å²) in [5.74, 6) is 0.0344. The first-order valence-electron chi connectivity index (χ1n) is 6.43. The van der Waals surface area contributed by atoms with Crippen LogP contribution >= 0.6 is 0 Å². The number of para-hydroxylation sites is 1. The summed E-state index contributed by atoms with van der Waals surface area (Å²) in [6.45, 7) is 2.52. The molecular weight excluding hydrogens is 246 g/mol. The Bertz CT molecular complexity index is 463. The van der Waals surface area contributed by atoms with Gasteiger partial charge < -0.3 is 20.3 Å². The number of ether oxygens (including phenoxy) is 2. The highest BCUT2D eigenvalue weighted by atomic mass is 16.5. The summed E-state index contributed by atoms with van der Waals surface area (Å²) >= 11 is 0. The molecule has 2 unspecified atom stereocenters. The zero-order valence-electron chi connectivity index (χ0n) is 11.0. The van der Waals surface area contributed by atoms with Crippen molar-refractivity contribution in [2.24, 2.45) is 5.73 Å². The van der Waals surface area contributed by atoms with Crippen LogP contribution in [-0.4, -0.2) is 36.9 Å². The zero-order valence-corrected chi connectivity index (χ0v) is 11.0. The van der Waals surface area contributed by atoms with Crippen LogP contribution in [0.1, 0.15) is 18.9 Å². The lowest BCUT2D eigenvalue weighted by molar-refractivity contribution is -0.158. The molecule has 1 aliphatic heterocycles. The lowest BCUT2D eigenvalue weighted by Crippen LogP contribution is -2.52. The van der Waals surface area contributed by atoms with E-state index in [4.69, 9.17) is 15.2 Å². The van der Waals surface area contributed by atoms with Crippen molar-refractivity contribution in [3.8, 4) is 5.75 Å². The average molecular weight is 265 g/mol. The predicted octanol–water partition coefficient (Wildman–Crippen LogP) is 0.590. The number of fused-ring (bicyclic) bond motifs is 1. The molecule has 2 rings (SSSR count). The van der Waals surface area contributed by atoms with Crippen LogP contribution in [0.5, 0.6) is 5.75 Å². The molecule has 0 saturated carbocycles. The Morgan fingerprint density at radius 2 is 2.32 bits per heavy atom. The molecule has 5 heteroatoms. The number of nitrogens with two attached hydrogens (primary N) is 1. The highest BCUT2D eigenvalue weighted by Gasteiger charge is 2.46. The second kappa shape index (κ2) is 5.59. The Morgan fingerprint density at radius 1 is 1.58 bits per heavy atom. The Hall–Kier alpha value is -1.59. The Morgan fingerprint density at radius 3 is 3.00 bits per heavy atom. The summed E-state index contributed by atoms with van der Waals surface area (Å²) in [6.07, 6.45) is -0.789. The lowest BCUT2D eigenvalue weighted by Gasteiger charge is -2.40. The molecule has 0 bridgehead atoms. The first-order valence-corrected chi connectivity index (χ1v) is 6.43. The van der Waals surface area contributed by atoms with Gasteiger partial charge in [0.1, 0.15) is 5.75 Å². The van der Waals surface area contributed by atoms with Crippen LogP contribution in [0, 0.1) is 0 Å². The topological polar surface area (TPSA) is 81.8 Å². The fourth-order valence-electron chi connectivity index (χ4n) is 2.54. The van der Waals surface area contributed by atoms with Crippen LogP contribution in [-0.2, 0) is 14.9 Å².